The van der Waals surface area contributed by atoms with Crippen LogP contribution in [-0.4, -0.2) is 66.8 Å². The number of hydrogen-bond acceptors (Lipinski definition) is 4. The van der Waals surface area contributed by atoms with Gasteiger partial charge in [0.1, 0.15) is 12.0 Å². The first-order valence-corrected chi connectivity index (χ1v) is 10.5. The maximum Gasteiger partial charge on any atom is 0.315 e. The number of carbonyl (C=O) groups is 2. The molecule has 6 atom stereocenters. The van der Waals surface area contributed by atoms with Crippen LogP contribution in [-0.2, 0) is 14.3 Å². The van der Waals surface area contributed by atoms with Crippen molar-refractivity contribution in [3.63, 3.8) is 0 Å². The van der Waals surface area contributed by atoms with Crippen LogP contribution in [0.15, 0.2) is 11.6 Å². The fourth-order valence-corrected chi connectivity index (χ4v) is 5.95. The highest BCUT2D eigenvalue weighted by atomic mass is 16.6. The Labute approximate surface area is 161 Å². The fraction of sp³-hybridized carbons (Fsp3) is 0.810. The largest absolute Gasteiger partial charge is 0.461 e. The summed E-state index contributed by atoms with van der Waals surface area (Å²) in [6, 6.07) is 0. The van der Waals surface area contributed by atoms with E-state index >= 15 is 0 Å². The van der Waals surface area contributed by atoms with Crippen molar-refractivity contribution in [2.75, 3.05) is 32.7 Å². The molecule has 2 saturated heterocycles. The molecule has 1 amide bonds. The zero-order valence-corrected chi connectivity index (χ0v) is 16.7. The zero-order chi connectivity index (χ0) is 19.3. The molecule has 0 aromatic rings. The molecule has 1 saturated carbocycles. The molecule has 0 aromatic heterocycles. The van der Waals surface area contributed by atoms with E-state index in [1.54, 1.807) is 6.92 Å². The second-order valence-corrected chi connectivity index (χ2v) is 9.26. The Morgan fingerprint density at radius 2 is 2.11 bits per heavy atom. The summed E-state index contributed by atoms with van der Waals surface area (Å²) in [4.78, 5) is 27.4. The molecule has 0 bridgehead atoms. The molecule has 0 radical (unpaired) electrons. The maximum atomic E-state index is 12.7. The lowest BCUT2D eigenvalue weighted by Gasteiger charge is -2.51. The molecule has 2 N–H and O–H groups in total. The number of nitrogens with zero attached hydrogens (tertiary/aromatic N) is 1. The number of ether oxygens (including phenoxy) is 1. The summed E-state index contributed by atoms with van der Waals surface area (Å²) in [7, 11) is 0. The molecule has 2 aliphatic carbocycles. The number of aliphatic hydroxyl groups is 1. The summed E-state index contributed by atoms with van der Waals surface area (Å²) in [5.74, 6) is 0.0443. The molecule has 4 aliphatic rings. The van der Waals surface area contributed by atoms with Crippen molar-refractivity contribution < 1.29 is 24.3 Å². The number of amides is 1. The van der Waals surface area contributed by atoms with E-state index in [2.05, 4.69) is 19.9 Å². The van der Waals surface area contributed by atoms with Gasteiger partial charge in [0.2, 0.25) is 5.91 Å². The van der Waals surface area contributed by atoms with E-state index in [-0.39, 0.29) is 35.2 Å². The predicted molar refractivity (Wildman–Crippen MR) is 99.9 cm³/mol. The summed E-state index contributed by atoms with van der Waals surface area (Å²) in [6.45, 7) is 9.92. The SMILES string of the molecule is CC(=O)N1CC[NH+](C[C@@H]2C(=O)O[C@@H]3CC4=CCC[C@H](C)[C@@]4(C)[C@H](O)[C@H]23)CC1. The topological polar surface area (TPSA) is 71.3 Å². The molecule has 0 spiro atoms. The number of piperazine rings is 1. The van der Waals surface area contributed by atoms with Gasteiger partial charge in [-0.15, -0.1) is 0 Å². The van der Waals surface area contributed by atoms with Crippen LogP contribution in [0.5, 0.6) is 0 Å². The first kappa shape index (κ1) is 18.9. The third-order valence-corrected chi connectivity index (χ3v) is 7.99. The van der Waals surface area contributed by atoms with Crippen molar-refractivity contribution >= 4 is 11.9 Å². The first-order valence-electron chi connectivity index (χ1n) is 10.5. The van der Waals surface area contributed by atoms with Gasteiger partial charge in [0.25, 0.3) is 0 Å². The molecular formula is C21H33N2O4+. The Kier molecular flexibility index (Phi) is 4.83. The summed E-state index contributed by atoms with van der Waals surface area (Å²) >= 11 is 0. The third kappa shape index (κ3) is 3.01. The molecule has 4 rings (SSSR count). The third-order valence-electron chi connectivity index (χ3n) is 7.99. The highest BCUT2D eigenvalue weighted by Crippen LogP contribution is 2.55. The highest BCUT2D eigenvalue weighted by Gasteiger charge is 2.60. The second-order valence-electron chi connectivity index (χ2n) is 9.26. The van der Waals surface area contributed by atoms with Crippen LogP contribution in [0.1, 0.15) is 40.0 Å². The van der Waals surface area contributed by atoms with E-state index in [0.717, 1.165) is 45.4 Å². The zero-order valence-electron chi connectivity index (χ0n) is 16.7. The molecule has 2 heterocycles. The number of hydrogen-bond donors (Lipinski definition) is 2. The minimum atomic E-state index is -0.535. The van der Waals surface area contributed by atoms with Gasteiger partial charge in [0.05, 0.1) is 38.8 Å². The minimum Gasteiger partial charge on any atom is -0.461 e. The van der Waals surface area contributed by atoms with Crippen molar-refractivity contribution in [1.29, 1.82) is 0 Å². The van der Waals surface area contributed by atoms with Gasteiger partial charge >= 0.3 is 5.97 Å². The van der Waals surface area contributed by atoms with Crippen LogP contribution < -0.4 is 4.90 Å². The van der Waals surface area contributed by atoms with Gasteiger partial charge in [-0.05, 0) is 18.8 Å². The van der Waals surface area contributed by atoms with E-state index in [9.17, 15) is 14.7 Å². The normalized spacial score (nSPS) is 42.2. The van der Waals surface area contributed by atoms with E-state index in [1.807, 2.05) is 4.90 Å². The van der Waals surface area contributed by atoms with Gasteiger partial charge in [0.15, 0.2) is 0 Å². The molecule has 6 heteroatoms. The molecular weight excluding hydrogens is 344 g/mol. The Morgan fingerprint density at radius 1 is 1.41 bits per heavy atom. The lowest BCUT2D eigenvalue weighted by atomic mass is 9.55. The van der Waals surface area contributed by atoms with Crippen molar-refractivity contribution in [3.05, 3.63) is 11.6 Å². The standard InChI is InChI=1S/C21H32N2O4/c1-13-5-4-6-15-11-17-18(19(25)21(13,15)3)16(20(26)27-17)12-22-7-9-23(10-8-22)14(2)24/h6,13,16-19,25H,4-5,7-12H2,1-3H3/p+1/t13-,16-,17+,18+,19+,21+/m0/s1. The minimum absolute atomic E-state index is 0.112. The predicted octanol–water partition coefficient (Wildman–Crippen LogP) is 0.0184. The van der Waals surface area contributed by atoms with E-state index in [4.69, 9.17) is 4.74 Å². The number of carbonyl (C=O) groups excluding carboxylic acids is 2. The fourth-order valence-electron chi connectivity index (χ4n) is 5.95. The smallest absolute Gasteiger partial charge is 0.315 e. The van der Waals surface area contributed by atoms with Crippen LogP contribution in [0.3, 0.4) is 0 Å². The van der Waals surface area contributed by atoms with E-state index in [1.165, 1.54) is 10.5 Å². The van der Waals surface area contributed by atoms with Crippen molar-refractivity contribution in [1.82, 2.24) is 4.90 Å². The van der Waals surface area contributed by atoms with Gasteiger partial charge in [0, 0.05) is 24.7 Å². The highest BCUT2D eigenvalue weighted by molar-refractivity contribution is 5.76. The second kappa shape index (κ2) is 6.89. The van der Waals surface area contributed by atoms with Gasteiger partial charge in [-0.3, -0.25) is 9.59 Å². The number of fused-ring (bicyclic) bond motifs is 2. The molecule has 3 fully saturated rings. The van der Waals surface area contributed by atoms with Gasteiger partial charge in [-0.1, -0.05) is 25.5 Å². The molecule has 2 aliphatic heterocycles. The quantitative estimate of drug-likeness (QED) is 0.526. The number of allylic oxidation sites excluding steroid dienone is 1. The number of esters is 1. The Morgan fingerprint density at radius 3 is 2.78 bits per heavy atom. The van der Waals surface area contributed by atoms with Crippen LogP contribution in [0.4, 0.5) is 0 Å². The number of quaternary nitrogens is 1. The average Bonchev–Trinajstić information content (AvgIpc) is 2.94. The summed E-state index contributed by atoms with van der Waals surface area (Å²) in [5.41, 5.74) is 1.04. The summed E-state index contributed by atoms with van der Waals surface area (Å²) in [5, 5.41) is 11.4. The van der Waals surface area contributed by atoms with Gasteiger partial charge < -0.3 is 19.6 Å². The maximum absolute atomic E-state index is 12.7. The molecule has 0 unspecified atom stereocenters. The lowest BCUT2D eigenvalue weighted by Crippen LogP contribution is -3.15. The number of nitrogens with one attached hydrogen (secondary N) is 1. The molecule has 150 valence electrons. The Hall–Kier alpha value is -1.40. The average molecular weight is 378 g/mol. The summed E-state index contributed by atoms with van der Waals surface area (Å²) < 4.78 is 5.76. The number of rotatable bonds is 2. The Balaban J connectivity index is 1.50. The summed E-state index contributed by atoms with van der Waals surface area (Å²) in [6.07, 6.45) is 4.47. The van der Waals surface area contributed by atoms with Crippen LogP contribution in [0.25, 0.3) is 0 Å². The van der Waals surface area contributed by atoms with Crippen LogP contribution in [0.2, 0.25) is 0 Å². The number of aliphatic hydroxyl groups excluding tert-OH is 1. The van der Waals surface area contributed by atoms with Crippen molar-refractivity contribution in [2.24, 2.45) is 23.2 Å². The monoisotopic (exact) mass is 377 g/mol. The first-order chi connectivity index (χ1) is 12.8. The Bertz CT molecular complexity index is 655. The van der Waals surface area contributed by atoms with Crippen molar-refractivity contribution in [3.8, 4) is 0 Å². The van der Waals surface area contributed by atoms with E-state index < -0.39 is 6.10 Å². The van der Waals surface area contributed by atoms with Crippen LogP contribution >= 0.6 is 0 Å². The molecule has 6 nitrogen and oxygen atoms in total. The molecule has 0 aromatic carbocycles. The van der Waals surface area contributed by atoms with Crippen molar-refractivity contribution in [2.45, 2.75) is 52.2 Å². The van der Waals surface area contributed by atoms with Gasteiger partial charge in [-0.2, -0.15) is 0 Å². The van der Waals surface area contributed by atoms with Gasteiger partial charge in [-0.25, -0.2) is 0 Å². The molecule has 27 heavy (non-hydrogen) atoms. The van der Waals surface area contributed by atoms with E-state index in [0.29, 0.717) is 12.5 Å². The van der Waals surface area contributed by atoms with Crippen LogP contribution in [0, 0.1) is 23.2 Å². The lowest BCUT2D eigenvalue weighted by molar-refractivity contribution is -0.906.